The van der Waals surface area contributed by atoms with Crippen molar-refractivity contribution in [2.24, 2.45) is 0 Å². The van der Waals surface area contributed by atoms with Gasteiger partial charge in [0, 0.05) is 23.2 Å². The predicted molar refractivity (Wildman–Crippen MR) is 78.7 cm³/mol. The number of aryl methyl sites for hydroxylation is 1. The zero-order valence-electron chi connectivity index (χ0n) is 11.3. The second-order valence-corrected chi connectivity index (χ2v) is 7.06. The van der Waals surface area contributed by atoms with Gasteiger partial charge in [-0.1, -0.05) is 0 Å². The van der Waals surface area contributed by atoms with E-state index in [1.54, 1.807) is 18.5 Å². The van der Waals surface area contributed by atoms with Crippen LogP contribution in [0, 0.1) is 17.0 Å². The number of rotatable bonds is 5. The third-order valence-corrected chi connectivity index (χ3v) is 5.33. The maximum absolute atomic E-state index is 12.3. The fraction of sp³-hybridized carbons (Fsp3) is 0.250. The van der Waals surface area contributed by atoms with Gasteiger partial charge in [0.1, 0.15) is 5.01 Å². The molecule has 0 bridgehead atoms. The number of sulfonamides is 1. The summed E-state index contributed by atoms with van der Waals surface area (Å²) < 4.78 is 27.0. The van der Waals surface area contributed by atoms with E-state index in [1.807, 2.05) is 0 Å². The first-order valence-corrected chi connectivity index (χ1v) is 8.34. The lowest BCUT2D eigenvalue weighted by molar-refractivity contribution is -0.385. The molecule has 0 amide bonds. The first kappa shape index (κ1) is 15.5. The van der Waals surface area contributed by atoms with Crippen molar-refractivity contribution < 1.29 is 13.3 Å². The molecule has 0 fully saturated rings. The zero-order chi connectivity index (χ0) is 15.6. The number of aromatic nitrogens is 1. The van der Waals surface area contributed by atoms with Gasteiger partial charge in [0.2, 0.25) is 10.0 Å². The molecule has 0 aliphatic heterocycles. The molecule has 9 heteroatoms. The molecule has 21 heavy (non-hydrogen) atoms. The van der Waals surface area contributed by atoms with E-state index in [2.05, 4.69) is 9.71 Å². The maximum atomic E-state index is 12.3. The van der Waals surface area contributed by atoms with Crippen molar-refractivity contribution in [3.63, 3.8) is 0 Å². The molecule has 1 heterocycles. The van der Waals surface area contributed by atoms with Gasteiger partial charge in [-0.15, -0.1) is 11.3 Å². The number of nitro benzene ring substituents is 1. The van der Waals surface area contributed by atoms with Crippen LogP contribution in [0.15, 0.2) is 34.7 Å². The van der Waals surface area contributed by atoms with Crippen molar-refractivity contribution in [2.45, 2.75) is 24.8 Å². The van der Waals surface area contributed by atoms with Gasteiger partial charge in [0.05, 0.1) is 15.9 Å². The molecule has 0 aliphatic rings. The lowest BCUT2D eigenvalue weighted by atomic mass is 10.2. The van der Waals surface area contributed by atoms with Crippen LogP contribution in [-0.2, 0) is 10.0 Å². The molecule has 0 saturated carbocycles. The highest BCUT2D eigenvalue weighted by atomic mass is 32.2. The van der Waals surface area contributed by atoms with Crippen molar-refractivity contribution in [3.8, 4) is 0 Å². The van der Waals surface area contributed by atoms with Crippen LogP contribution in [0.4, 0.5) is 5.69 Å². The summed E-state index contributed by atoms with van der Waals surface area (Å²) >= 11 is 1.35. The number of nitro groups is 1. The van der Waals surface area contributed by atoms with Crippen LogP contribution in [-0.4, -0.2) is 18.3 Å². The minimum atomic E-state index is -3.76. The summed E-state index contributed by atoms with van der Waals surface area (Å²) in [5, 5.41) is 13.2. The van der Waals surface area contributed by atoms with E-state index in [9.17, 15) is 18.5 Å². The summed E-state index contributed by atoms with van der Waals surface area (Å²) in [6.07, 6.45) is 1.60. The van der Waals surface area contributed by atoms with Gasteiger partial charge < -0.3 is 0 Å². The van der Waals surface area contributed by atoms with Gasteiger partial charge in [-0.2, -0.15) is 0 Å². The van der Waals surface area contributed by atoms with Crippen LogP contribution in [0.1, 0.15) is 23.5 Å². The Bertz CT molecular complexity index is 757. The third kappa shape index (κ3) is 3.43. The van der Waals surface area contributed by atoms with Gasteiger partial charge in [0.15, 0.2) is 0 Å². The molecule has 1 atom stereocenters. The minimum Gasteiger partial charge on any atom is -0.258 e. The van der Waals surface area contributed by atoms with E-state index in [4.69, 9.17) is 0 Å². The molecule has 1 aromatic carbocycles. The Balaban J connectivity index is 2.28. The summed E-state index contributed by atoms with van der Waals surface area (Å²) in [6.45, 7) is 3.19. The molecular formula is C12H13N3O4S2. The van der Waals surface area contributed by atoms with E-state index in [0.29, 0.717) is 10.6 Å². The number of nitrogens with zero attached hydrogens (tertiary/aromatic N) is 2. The molecular weight excluding hydrogens is 314 g/mol. The first-order chi connectivity index (χ1) is 9.81. The Kier molecular flexibility index (Phi) is 4.35. The van der Waals surface area contributed by atoms with Crippen molar-refractivity contribution in [1.82, 2.24) is 9.71 Å². The average Bonchev–Trinajstić information content (AvgIpc) is 2.91. The Morgan fingerprint density at radius 3 is 2.67 bits per heavy atom. The van der Waals surface area contributed by atoms with E-state index >= 15 is 0 Å². The molecule has 1 aromatic heterocycles. The minimum absolute atomic E-state index is 0.00555. The molecule has 0 spiro atoms. The van der Waals surface area contributed by atoms with Crippen molar-refractivity contribution >= 4 is 27.0 Å². The number of thiazole rings is 1. The summed E-state index contributed by atoms with van der Waals surface area (Å²) in [5.74, 6) is 0. The molecule has 0 radical (unpaired) electrons. The number of hydrogen-bond donors (Lipinski definition) is 1. The second-order valence-electron chi connectivity index (χ2n) is 4.42. The highest BCUT2D eigenvalue weighted by molar-refractivity contribution is 7.89. The third-order valence-electron chi connectivity index (χ3n) is 2.83. The molecule has 0 aliphatic carbocycles. The number of nitrogens with one attached hydrogen (secondary N) is 1. The zero-order valence-corrected chi connectivity index (χ0v) is 12.9. The molecule has 1 N–H and O–H groups in total. The Hall–Kier alpha value is -1.84. The van der Waals surface area contributed by atoms with Gasteiger partial charge in [0.25, 0.3) is 5.69 Å². The Morgan fingerprint density at radius 1 is 1.43 bits per heavy atom. The highest BCUT2D eigenvalue weighted by Crippen LogP contribution is 2.23. The summed E-state index contributed by atoms with van der Waals surface area (Å²) in [5.41, 5.74) is 0.187. The molecule has 2 rings (SSSR count). The summed E-state index contributed by atoms with van der Waals surface area (Å²) in [6, 6.07) is 3.24. The van der Waals surface area contributed by atoms with Crippen molar-refractivity contribution in [3.05, 3.63) is 50.5 Å². The van der Waals surface area contributed by atoms with E-state index in [0.717, 1.165) is 0 Å². The van der Waals surface area contributed by atoms with Crippen LogP contribution in [0.5, 0.6) is 0 Å². The molecule has 7 nitrogen and oxygen atoms in total. The standard InChI is InChI=1S/C12H13N3O4S2/c1-8-7-10(3-4-11(8)15(16)17)21(18,19)14-9(2)12-13-5-6-20-12/h3-7,9,14H,1-2H3/t9-/m1/s1. The summed E-state index contributed by atoms with van der Waals surface area (Å²) in [7, 11) is -3.76. The van der Waals surface area contributed by atoms with E-state index in [1.165, 1.54) is 36.5 Å². The topological polar surface area (TPSA) is 102 Å². The fourth-order valence-electron chi connectivity index (χ4n) is 1.80. The lowest BCUT2D eigenvalue weighted by Gasteiger charge is -2.12. The fourth-order valence-corrected chi connectivity index (χ4v) is 3.81. The molecule has 2 aromatic rings. The quantitative estimate of drug-likeness (QED) is 0.671. The van der Waals surface area contributed by atoms with Gasteiger partial charge in [-0.25, -0.2) is 18.1 Å². The smallest absolute Gasteiger partial charge is 0.258 e. The highest BCUT2D eigenvalue weighted by Gasteiger charge is 2.22. The monoisotopic (exact) mass is 327 g/mol. The SMILES string of the molecule is Cc1cc(S(=O)(=O)N[C@H](C)c2nccs2)ccc1[N+](=O)[O-]. The number of hydrogen-bond acceptors (Lipinski definition) is 6. The Labute approximate surface area is 125 Å². The van der Waals surface area contributed by atoms with Crippen LogP contribution in [0.2, 0.25) is 0 Å². The predicted octanol–water partition coefficient (Wildman–Crippen LogP) is 2.40. The van der Waals surface area contributed by atoms with Crippen LogP contribution in [0.25, 0.3) is 0 Å². The van der Waals surface area contributed by atoms with Gasteiger partial charge in [-0.05, 0) is 26.0 Å². The van der Waals surface area contributed by atoms with E-state index in [-0.39, 0.29) is 10.6 Å². The van der Waals surface area contributed by atoms with Crippen LogP contribution < -0.4 is 4.72 Å². The van der Waals surface area contributed by atoms with Crippen LogP contribution in [0.3, 0.4) is 0 Å². The normalized spacial score (nSPS) is 13.0. The Morgan fingerprint density at radius 2 is 2.14 bits per heavy atom. The van der Waals surface area contributed by atoms with E-state index < -0.39 is 21.0 Å². The van der Waals surface area contributed by atoms with Crippen molar-refractivity contribution in [2.75, 3.05) is 0 Å². The number of benzene rings is 1. The van der Waals surface area contributed by atoms with Crippen molar-refractivity contribution in [1.29, 1.82) is 0 Å². The van der Waals surface area contributed by atoms with Crippen LogP contribution >= 0.6 is 11.3 Å². The largest absolute Gasteiger partial charge is 0.272 e. The van der Waals surface area contributed by atoms with Gasteiger partial charge >= 0.3 is 0 Å². The maximum Gasteiger partial charge on any atom is 0.272 e. The second kappa shape index (κ2) is 5.88. The molecule has 112 valence electrons. The summed E-state index contributed by atoms with van der Waals surface area (Å²) in [4.78, 5) is 14.3. The molecule has 0 unspecified atom stereocenters. The molecule has 0 saturated heterocycles. The first-order valence-electron chi connectivity index (χ1n) is 5.98. The lowest BCUT2D eigenvalue weighted by Crippen LogP contribution is -2.26. The van der Waals surface area contributed by atoms with Gasteiger partial charge in [-0.3, -0.25) is 10.1 Å². The average molecular weight is 327 g/mol.